The van der Waals surface area contributed by atoms with Crippen molar-refractivity contribution in [2.45, 2.75) is 25.7 Å². The Bertz CT molecular complexity index is 514. The van der Waals surface area contributed by atoms with Crippen molar-refractivity contribution in [1.29, 1.82) is 5.26 Å². The zero-order valence-corrected chi connectivity index (χ0v) is 10.5. The molecule has 0 bridgehead atoms. The fourth-order valence-electron chi connectivity index (χ4n) is 1.84. The second-order valence-corrected chi connectivity index (χ2v) is 4.64. The van der Waals surface area contributed by atoms with Crippen LogP contribution in [0.15, 0.2) is 12.1 Å². The first-order valence-corrected chi connectivity index (χ1v) is 5.35. The summed E-state index contributed by atoms with van der Waals surface area (Å²) in [5, 5.41) is 27.8. The molecule has 96 valence electrons. The number of carboxylic acid groups (broad SMARTS) is 1. The van der Waals surface area contributed by atoms with E-state index in [1.54, 1.807) is 13.8 Å². The summed E-state index contributed by atoms with van der Waals surface area (Å²) in [4.78, 5) is 10.8. The predicted octanol–water partition coefficient (Wildman–Crippen LogP) is 2.02. The standard InChI is InChI=1S/C13H15NO4/c1-13(2,6-12(16)17)9-4-8(7-14)11(18-3)5-10(9)15/h4-5,15H,6H2,1-3H3,(H,16,17). The third kappa shape index (κ3) is 2.72. The summed E-state index contributed by atoms with van der Waals surface area (Å²) in [7, 11) is 1.40. The molecule has 2 N–H and O–H groups in total. The summed E-state index contributed by atoms with van der Waals surface area (Å²) < 4.78 is 4.97. The third-order valence-electron chi connectivity index (χ3n) is 2.76. The fraction of sp³-hybridized carbons (Fsp3) is 0.385. The van der Waals surface area contributed by atoms with Crippen molar-refractivity contribution in [3.63, 3.8) is 0 Å². The van der Waals surface area contributed by atoms with Crippen molar-refractivity contribution in [3.05, 3.63) is 23.3 Å². The fourth-order valence-corrected chi connectivity index (χ4v) is 1.84. The number of hydrogen-bond acceptors (Lipinski definition) is 4. The molecule has 5 nitrogen and oxygen atoms in total. The van der Waals surface area contributed by atoms with Crippen molar-refractivity contribution in [3.8, 4) is 17.6 Å². The number of aliphatic carboxylic acids is 1. The molecule has 0 saturated carbocycles. The molecule has 0 aliphatic carbocycles. The van der Waals surface area contributed by atoms with Gasteiger partial charge in [-0.25, -0.2) is 0 Å². The second kappa shape index (κ2) is 4.96. The van der Waals surface area contributed by atoms with Crippen LogP contribution < -0.4 is 4.74 Å². The Balaban J connectivity index is 3.34. The van der Waals surface area contributed by atoms with Crippen LogP contribution in [0, 0.1) is 11.3 Å². The van der Waals surface area contributed by atoms with Gasteiger partial charge in [0.1, 0.15) is 17.6 Å². The van der Waals surface area contributed by atoms with E-state index in [4.69, 9.17) is 15.1 Å². The largest absolute Gasteiger partial charge is 0.508 e. The Labute approximate surface area is 105 Å². The Hall–Kier alpha value is -2.22. The van der Waals surface area contributed by atoms with Gasteiger partial charge in [0.05, 0.1) is 19.1 Å². The topological polar surface area (TPSA) is 90.6 Å². The lowest BCUT2D eigenvalue weighted by Gasteiger charge is -2.24. The van der Waals surface area contributed by atoms with Crippen LogP contribution in [-0.2, 0) is 10.2 Å². The van der Waals surface area contributed by atoms with E-state index in [1.165, 1.54) is 19.2 Å². The number of carbonyl (C=O) groups is 1. The molecule has 0 heterocycles. The maximum Gasteiger partial charge on any atom is 0.304 e. The van der Waals surface area contributed by atoms with E-state index in [0.29, 0.717) is 5.56 Å². The molecular formula is C13H15NO4. The van der Waals surface area contributed by atoms with E-state index < -0.39 is 11.4 Å². The highest BCUT2D eigenvalue weighted by molar-refractivity contribution is 5.69. The van der Waals surface area contributed by atoms with E-state index in [-0.39, 0.29) is 23.5 Å². The molecule has 0 spiro atoms. The summed E-state index contributed by atoms with van der Waals surface area (Å²) >= 11 is 0. The molecule has 1 aromatic rings. The van der Waals surface area contributed by atoms with Crippen LogP contribution in [0.5, 0.6) is 11.5 Å². The van der Waals surface area contributed by atoms with Gasteiger partial charge in [-0.05, 0) is 6.07 Å². The number of aromatic hydroxyl groups is 1. The van der Waals surface area contributed by atoms with E-state index in [1.807, 2.05) is 6.07 Å². The van der Waals surface area contributed by atoms with Crippen LogP contribution in [0.1, 0.15) is 31.4 Å². The molecule has 0 unspecified atom stereocenters. The summed E-state index contributed by atoms with van der Waals surface area (Å²) in [5.41, 5.74) is -0.0839. The second-order valence-electron chi connectivity index (χ2n) is 4.64. The number of nitriles is 1. The van der Waals surface area contributed by atoms with Crippen LogP contribution in [0.4, 0.5) is 0 Å². The summed E-state index contributed by atoms with van der Waals surface area (Å²) in [6.45, 7) is 3.40. The number of nitrogens with zero attached hydrogens (tertiary/aromatic N) is 1. The van der Waals surface area contributed by atoms with Gasteiger partial charge in [-0.3, -0.25) is 4.79 Å². The molecule has 1 aromatic carbocycles. The molecule has 0 aromatic heterocycles. The Morgan fingerprint density at radius 3 is 2.56 bits per heavy atom. The quantitative estimate of drug-likeness (QED) is 0.851. The molecule has 0 atom stereocenters. The van der Waals surface area contributed by atoms with Gasteiger partial charge in [-0.2, -0.15) is 5.26 Å². The van der Waals surface area contributed by atoms with Crippen molar-refractivity contribution < 1.29 is 19.7 Å². The van der Waals surface area contributed by atoms with Crippen LogP contribution in [0.25, 0.3) is 0 Å². The van der Waals surface area contributed by atoms with Crippen LogP contribution in [0.2, 0.25) is 0 Å². The normalized spacial score (nSPS) is 10.8. The molecule has 0 aliphatic rings. The van der Waals surface area contributed by atoms with Crippen molar-refractivity contribution in [2.24, 2.45) is 0 Å². The lowest BCUT2D eigenvalue weighted by Crippen LogP contribution is -2.22. The molecule has 1 rings (SSSR count). The number of methoxy groups -OCH3 is 1. The van der Waals surface area contributed by atoms with Crippen molar-refractivity contribution in [1.82, 2.24) is 0 Å². The third-order valence-corrected chi connectivity index (χ3v) is 2.76. The zero-order valence-electron chi connectivity index (χ0n) is 10.5. The summed E-state index contributed by atoms with van der Waals surface area (Å²) in [6, 6.07) is 4.76. The molecule has 0 radical (unpaired) electrons. The first-order valence-electron chi connectivity index (χ1n) is 5.35. The average molecular weight is 249 g/mol. The number of phenols is 1. The molecule has 18 heavy (non-hydrogen) atoms. The van der Waals surface area contributed by atoms with E-state index in [9.17, 15) is 9.90 Å². The van der Waals surface area contributed by atoms with Gasteiger partial charge in [-0.15, -0.1) is 0 Å². The first kappa shape index (κ1) is 13.8. The number of ether oxygens (including phenoxy) is 1. The molecule has 0 saturated heterocycles. The van der Waals surface area contributed by atoms with E-state index in [0.717, 1.165) is 0 Å². The maximum atomic E-state index is 10.8. The van der Waals surface area contributed by atoms with Gasteiger partial charge in [0, 0.05) is 17.0 Å². The highest BCUT2D eigenvalue weighted by Crippen LogP contribution is 2.37. The van der Waals surface area contributed by atoms with Gasteiger partial charge in [0.2, 0.25) is 0 Å². The minimum Gasteiger partial charge on any atom is -0.508 e. The molecule has 5 heteroatoms. The lowest BCUT2D eigenvalue weighted by atomic mass is 9.80. The molecule has 0 fully saturated rings. The smallest absolute Gasteiger partial charge is 0.304 e. The van der Waals surface area contributed by atoms with Gasteiger partial charge in [-0.1, -0.05) is 13.8 Å². The average Bonchev–Trinajstić information content (AvgIpc) is 2.26. The minimum absolute atomic E-state index is 0.0721. The number of hydrogen-bond donors (Lipinski definition) is 2. The lowest BCUT2D eigenvalue weighted by molar-refractivity contribution is -0.138. The SMILES string of the molecule is COc1cc(O)c(C(C)(C)CC(=O)O)cc1C#N. The first-order chi connectivity index (χ1) is 8.31. The number of carboxylic acids is 1. The molecule has 0 amide bonds. The highest BCUT2D eigenvalue weighted by atomic mass is 16.5. The van der Waals surface area contributed by atoms with Crippen molar-refractivity contribution in [2.75, 3.05) is 7.11 Å². The van der Waals surface area contributed by atoms with E-state index in [2.05, 4.69) is 0 Å². The predicted molar refractivity (Wildman–Crippen MR) is 64.7 cm³/mol. The summed E-state index contributed by atoms with van der Waals surface area (Å²) in [5.74, 6) is -0.768. The maximum absolute atomic E-state index is 10.8. The van der Waals surface area contributed by atoms with Crippen molar-refractivity contribution >= 4 is 5.97 Å². The molecule has 0 aliphatic heterocycles. The minimum atomic E-state index is -0.964. The van der Waals surface area contributed by atoms with Crippen LogP contribution in [-0.4, -0.2) is 23.3 Å². The van der Waals surface area contributed by atoms with Crippen LogP contribution >= 0.6 is 0 Å². The van der Waals surface area contributed by atoms with Gasteiger partial charge < -0.3 is 14.9 Å². The van der Waals surface area contributed by atoms with Gasteiger partial charge >= 0.3 is 5.97 Å². The number of benzene rings is 1. The zero-order chi connectivity index (χ0) is 13.9. The number of phenolic OH excluding ortho intramolecular Hbond substituents is 1. The number of rotatable bonds is 4. The molecular weight excluding hydrogens is 234 g/mol. The summed E-state index contributed by atoms with van der Waals surface area (Å²) in [6.07, 6.45) is -0.141. The Morgan fingerprint density at radius 1 is 1.50 bits per heavy atom. The van der Waals surface area contributed by atoms with E-state index >= 15 is 0 Å². The monoisotopic (exact) mass is 249 g/mol. The van der Waals surface area contributed by atoms with Gasteiger partial charge in [0.15, 0.2) is 0 Å². The van der Waals surface area contributed by atoms with Crippen LogP contribution in [0.3, 0.4) is 0 Å². The highest BCUT2D eigenvalue weighted by Gasteiger charge is 2.28. The Morgan fingerprint density at radius 2 is 2.11 bits per heavy atom. The Kier molecular flexibility index (Phi) is 3.82. The van der Waals surface area contributed by atoms with Gasteiger partial charge in [0.25, 0.3) is 0 Å².